The van der Waals surface area contributed by atoms with Gasteiger partial charge >= 0.3 is 17.9 Å². The molecule has 2 amide bonds. The van der Waals surface area contributed by atoms with Gasteiger partial charge in [-0.05, 0) is 57.2 Å². The van der Waals surface area contributed by atoms with E-state index >= 15 is 0 Å². The second-order valence-electron chi connectivity index (χ2n) is 10.5. The van der Waals surface area contributed by atoms with Crippen LogP contribution < -0.4 is 11.1 Å². The molecule has 11 nitrogen and oxygen atoms in total. The maximum Gasteiger partial charge on any atom is 0.414 e. The minimum atomic E-state index is -1.82. The highest BCUT2D eigenvalue weighted by molar-refractivity contribution is 6.27. The fourth-order valence-corrected chi connectivity index (χ4v) is 4.22. The van der Waals surface area contributed by atoms with Crippen LogP contribution in [0.3, 0.4) is 0 Å². The van der Waals surface area contributed by atoms with Crippen molar-refractivity contribution >= 4 is 29.7 Å². The average molecular weight is 556 g/mol. The summed E-state index contributed by atoms with van der Waals surface area (Å²) < 4.78 is 5.55. The molecule has 0 aliphatic heterocycles. The fraction of sp³-hybridized carbons (Fsp3) is 0.414. The number of hydrogen-bond donors (Lipinski definition) is 4. The van der Waals surface area contributed by atoms with E-state index in [1.807, 2.05) is 54.6 Å². The minimum Gasteiger partial charge on any atom is -0.473 e. The van der Waals surface area contributed by atoms with Gasteiger partial charge in [-0.15, -0.1) is 0 Å². The van der Waals surface area contributed by atoms with Gasteiger partial charge in [0.1, 0.15) is 11.6 Å². The van der Waals surface area contributed by atoms with Crippen LogP contribution in [0.25, 0.3) is 0 Å². The molecular weight excluding hydrogens is 518 g/mol. The summed E-state index contributed by atoms with van der Waals surface area (Å²) in [5.41, 5.74) is 8.46. The Kier molecular flexibility index (Phi) is 11.4. The van der Waals surface area contributed by atoms with E-state index in [9.17, 15) is 14.4 Å². The molecule has 5 N–H and O–H groups in total. The molecule has 2 aromatic rings. The highest BCUT2D eigenvalue weighted by Gasteiger charge is 2.34. The number of carbonyl (C=O) groups excluding carboxylic acids is 3. The Hall–Kier alpha value is -4.25. The Balaban J connectivity index is 0.000000840. The van der Waals surface area contributed by atoms with Gasteiger partial charge in [0, 0.05) is 12.5 Å². The summed E-state index contributed by atoms with van der Waals surface area (Å²) in [6, 6.07) is 15.7. The van der Waals surface area contributed by atoms with E-state index < -0.39 is 41.5 Å². The highest BCUT2D eigenvalue weighted by Crippen LogP contribution is 2.26. The van der Waals surface area contributed by atoms with Crippen LogP contribution in [0.5, 0.6) is 0 Å². The van der Waals surface area contributed by atoms with Crippen LogP contribution >= 0.6 is 0 Å². The Morgan fingerprint density at radius 1 is 0.950 bits per heavy atom. The number of amides is 2. The molecule has 40 heavy (non-hydrogen) atoms. The van der Waals surface area contributed by atoms with Crippen molar-refractivity contribution in [2.75, 3.05) is 6.54 Å². The third-order valence-corrected chi connectivity index (χ3v) is 5.95. The van der Waals surface area contributed by atoms with E-state index in [1.54, 1.807) is 32.6 Å². The number of carboxylic acids is 2. The van der Waals surface area contributed by atoms with Crippen LogP contribution in [0.2, 0.25) is 0 Å². The first-order valence-corrected chi connectivity index (χ1v) is 12.8. The van der Waals surface area contributed by atoms with Crippen molar-refractivity contribution in [3.8, 4) is 0 Å². The molecule has 0 saturated carbocycles. The maximum absolute atomic E-state index is 13.1. The van der Waals surface area contributed by atoms with Gasteiger partial charge in [-0.1, -0.05) is 54.6 Å². The summed E-state index contributed by atoms with van der Waals surface area (Å²) in [6.45, 7) is 6.80. The van der Waals surface area contributed by atoms with Crippen LogP contribution in [0.1, 0.15) is 44.4 Å². The molecule has 0 bridgehead atoms. The molecular formula is C29H37N3O8. The molecule has 3 rings (SSSR count). The lowest BCUT2D eigenvalue weighted by molar-refractivity contribution is -0.159. The number of nitrogens with one attached hydrogen (secondary N) is 1. The molecule has 2 atom stereocenters. The van der Waals surface area contributed by atoms with Crippen molar-refractivity contribution in [2.45, 2.75) is 70.7 Å². The van der Waals surface area contributed by atoms with E-state index in [1.165, 1.54) is 11.1 Å². The highest BCUT2D eigenvalue weighted by atomic mass is 16.6. The zero-order chi connectivity index (χ0) is 30.0. The average Bonchev–Trinajstić information content (AvgIpc) is 3.30. The molecule has 0 radical (unpaired) electrons. The quantitative estimate of drug-likeness (QED) is 0.278. The normalized spacial score (nSPS) is 14.0. The first-order valence-electron chi connectivity index (χ1n) is 12.8. The van der Waals surface area contributed by atoms with Gasteiger partial charge < -0.3 is 30.9 Å². The van der Waals surface area contributed by atoms with Crippen molar-refractivity contribution in [1.82, 2.24) is 10.2 Å². The first-order chi connectivity index (χ1) is 18.7. The van der Waals surface area contributed by atoms with Gasteiger partial charge in [0.25, 0.3) is 0 Å². The number of nitrogens with zero attached hydrogens (tertiary/aromatic N) is 1. The standard InChI is InChI=1S/C27H35N3O4.C2H2O4/c1-18(28)25(32)30(22-15-20-12-8-9-13-21(20)16-22)17-24(31)29-23(26(33)34-27(2,3)4)14-19-10-6-5-7-11-19;3-1(4)2(5)6/h5-13,18,22-23H,14-17,28H2,1-4H3,(H,29,31);(H,3,4)(H,5,6)/t18-,23-;/m0./s1. The van der Waals surface area contributed by atoms with Crippen molar-refractivity contribution in [3.63, 3.8) is 0 Å². The van der Waals surface area contributed by atoms with Crippen LogP contribution in [-0.2, 0) is 48.0 Å². The largest absolute Gasteiger partial charge is 0.473 e. The Bertz CT molecular complexity index is 1170. The van der Waals surface area contributed by atoms with Crippen LogP contribution in [0.4, 0.5) is 0 Å². The van der Waals surface area contributed by atoms with Crippen molar-refractivity contribution in [3.05, 3.63) is 71.3 Å². The molecule has 216 valence electrons. The number of aliphatic carboxylic acids is 2. The number of rotatable bonds is 8. The van der Waals surface area contributed by atoms with Crippen LogP contribution in [0.15, 0.2) is 54.6 Å². The van der Waals surface area contributed by atoms with Gasteiger partial charge in [-0.2, -0.15) is 0 Å². The second kappa shape index (κ2) is 14.2. The number of fused-ring (bicyclic) bond motifs is 1. The Labute approximate surface area is 233 Å². The minimum absolute atomic E-state index is 0.157. The van der Waals surface area contributed by atoms with E-state index in [0.717, 1.165) is 5.56 Å². The molecule has 0 heterocycles. The number of hydrogen-bond acceptors (Lipinski definition) is 7. The number of carboxylic acid groups (broad SMARTS) is 2. The van der Waals surface area contributed by atoms with E-state index in [4.69, 9.17) is 30.3 Å². The Morgan fingerprint density at radius 2 is 1.45 bits per heavy atom. The fourth-order valence-electron chi connectivity index (χ4n) is 4.22. The Morgan fingerprint density at radius 3 is 1.90 bits per heavy atom. The molecule has 0 saturated heterocycles. The zero-order valence-electron chi connectivity index (χ0n) is 23.1. The lowest BCUT2D eigenvalue weighted by Crippen LogP contribution is -2.54. The number of nitrogens with two attached hydrogens (primary N) is 1. The molecule has 0 fully saturated rings. The van der Waals surface area contributed by atoms with Crippen LogP contribution in [-0.4, -0.2) is 75.1 Å². The van der Waals surface area contributed by atoms with Crippen molar-refractivity contribution < 1.29 is 38.9 Å². The van der Waals surface area contributed by atoms with E-state index in [-0.39, 0.29) is 24.9 Å². The number of esters is 1. The third-order valence-electron chi connectivity index (χ3n) is 5.95. The van der Waals surface area contributed by atoms with Crippen molar-refractivity contribution in [2.24, 2.45) is 5.73 Å². The summed E-state index contributed by atoms with van der Waals surface area (Å²) in [6.07, 6.45) is 1.63. The van der Waals surface area contributed by atoms with E-state index in [2.05, 4.69) is 5.32 Å². The summed E-state index contributed by atoms with van der Waals surface area (Å²) in [7, 11) is 0. The number of benzene rings is 2. The lowest BCUT2D eigenvalue weighted by Gasteiger charge is -2.31. The zero-order valence-corrected chi connectivity index (χ0v) is 23.1. The van der Waals surface area contributed by atoms with Gasteiger partial charge in [0.15, 0.2) is 0 Å². The van der Waals surface area contributed by atoms with E-state index in [0.29, 0.717) is 12.8 Å². The summed E-state index contributed by atoms with van der Waals surface area (Å²) in [5.74, 6) is -4.87. The molecule has 0 unspecified atom stereocenters. The summed E-state index contributed by atoms with van der Waals surface area (Å²) in [4.78, 5) is 58.7. The molecule has 0 spiro atoms. The number of ether oxygens (including phenoxy) is 1. The van der Waals surface area contributed by atoms with Crippen LogP contribution in [0, 0.1) is 0 Å². The lowest BCUT2D eigenvalue weighted by atomic mass is 10.1. The third kappa shape index (κ3) is 10.1. The topological polar surface area (TPSA) is 176 Å². The van der Waals surface area contributed by atoms with Gasteiger partial charge in [0.05, 0.1) is 12.6 Å². The van der Waals surface area contributed by atoms with Gasteiger partial charge in [-0.3, -0.25) is 9.59 Å². The molecule has 0 aromatic heterocycles. The predicted octanol–water partition coefficient (Wildman–Crippen LogP) is 1.55. The van der Waals surface area contributed by atoms with Gasteiger partial charge in [-0.25, -0.2) is 14.4 Å². The molecule has 1 aliphatic carbocycles. The van der Waals surface area contributed by atoms with Gasteiger partial charge in [0.2, 0.25) is 11.8 Å². The predicted molar refractivity (Wildman–Crippen MR) is 146 cm³/mol. The molecule has 1 aliphatic rings. The number of carbonyl (C=O) groups is 5. The summed E-state index contributed by atoms with van der Waals surface area (Å²) >= 11 is 0. The van der Waals surface area contributed by atoms with Crippen molar-refractivity contribution in [1.29, 1.82) is 0 Å². The molecule has 2 aromatic carbocycles. The first kappa shape index (κ1) is 32.0. The maximum atomic E-state index is 13.1. The monoisotopic (exact) mass is 555 g/mol. The SMILES string of the molecule is C[C@H](N)C(=O)N(CC(=O)N[C@@H](Cc1ccccc1)C(=O)OC(C)(C)C)C1Cc2ccccc2C1.O=C(O)C(=O)O. The summed E-state index contributed by atoms with van der Waals surface area (Å²) in [5, 5.41) is 17.6. The molecule has 11 heteroatoms. The smallest absolute Gasteiger partial charge is 0.414 e. The second-order valence-corrected chi connectivity index (χ2v) is 10.5.